The molecule has 0 spiro atoms. The van der Waals surface area contributed by atoms with Crippen molar-refractivity contribution < 1.29 is 14.0 Å². The molecule has 110 valence electrons. The van der Waals surface area contributed by atoms with Gasteiger partial charge in [-0.1, -0.05) is 35.0 Å². The largest absolute Gasteiger partial charge is 0.409 e. The Bertz CT molecular complexity index is 669. The van der Waals surface area contributed by atoms with Crippen LogP contribution >= 0.6 is 11.6 Å². The van der Waals surface area contributed by atoms with Crippen LogP contribution in [-0.4, -0.2) is 11.0 Å². The fraction of sp³-hybridized carbons (Fsp3) is 0.0714. The molecule has 0 radical (unpaired) electrons. The lowest BCUT2D eigenvalue weighted by Crippen LogP contribution is -2.13. The molecule has 7 heteroatoms. The van der Waals surface area contributed by atoms with Crippen LogP contribution in [0.25, 0.3) is 0 Å². The van der Waals surface area contributed by atoms with Gasteiger partial charge in [0, 0.05) is 18.2 Å². The highest BCUT2D eigenvalue weighted by molar-refractivity contribution is 6.33. The Balaban J connectivity index is 2.17. The lowest BCUT2D eigenvalue weighted by Gasteiger charge is -2.10. The quantitative estimate of drug-likeness (QED) is 0.351. The van der Waals surface area contributed by atoms with Crippen molar-refractivity contribution in [1.29, 1.82) is 0 Å². The number of nitrogens with zero attached hydrogens (tertiary/aromatic N) is 1. The lowest BCUT2D eigenvalue weighted by atomic mass is 10.1. The van der Waals surface area contributed by atoms with Gasteiger partial charge >= 0.3 is 0 Å². The van der Waals surface area contributed by atoms with Gasteiger partial charge in [0.15, 0.2) is 11.7 Å². The molecule has 0 bridgehead atoms. The third-order valence-corrected chi connectivity index (χ3v) is 3.10. The number of oxime groups is 1. The first-order valence-electron chi connectivity index (χ1n) is 5.96. The summed E-state index contributed by atoms with van der Waals surface area (Å²) in [5.74, 6) is -1.53. The monoisotopic (exact) mass is 311 g/mol. The van der Waals surface area contributed by atoms with Gasteiger partial charge in [-0.25, -0.2) is 8.78 Å². The summed E-state index contributed by atoms with van der Waals surface area (Å²) in [5.41, 5.74) is 6.81. The highest BCUT2D eigenvalue weighted by atomic mass is 35.5. The molecule has 0 atom stereocenters. The van der Waals surface area contributed by atoms with E-state index in [4.69, 9.17) is 22.5 Å². The molecule has 0 aliphatic heterocycles. The number of nitrogens with two attached hydrogens (primary N) is 1. The number of anilines is 1. The minimum absolute atomic E-state index is 0.0206. The topological polar surface area (TPSA) is 70.6 Å². The van der Waals surface area contributed by atoms with Crippen molar-refractivity contribution in [2.75, 3.05) is 5.32 Å². The molecule has 0 amide bonds. The van der Waals surface area contributed by atoms with Gasteiger partial charge in [0.05, 0.1) is 10.7 Å². The van der Waals surface area contributed by atoms with Gasteiger partial charge < -0.3 is 16.3 Å². The zero-order chi connectivity index (χ0) is 15.4. The summed E-state index contributed by atoms with van der Waals surface area (Å²) in [7, 11) is 0. The van der Waals surface area contributed by atoms with E-state index in [-0.39, 0.29) is 23.1 Å². The van der Waals surface area contributed by atoms with Crippen molar-refractivity contribution in [2.45, 2.75) is 6.54 Å². The molecule has 2 aromatic carbocycles. The number of rotatable bonds is 4. The molecule has 0 fully saturated rings. The molecule has 0 heterocycles. The summed E-state index contributed by atoms with van der Waals surface area (Å²) in [5, 5.41) is 14.3. The maximum absolute atomic E-state index is 13.6. The van der Waals surface area contributed by atoms with Gasteiger partial charge in [-0.15, -0.1) is 0 Å². The van der Waals surface area contributed by atoms with Gasteiger partial charge in [0.25, 0.3) is 0 Å². The maximum Gasteiger partial charge on any atom is 0.170 e. The molecular weight excluding hydrogens is 300 g/mol. The SMILES string of the molecule is N/C(=N/O)c1cccc(CNc2c(F)cc(F)cc2Cl)c1. The van der Waals surface area contributed by atoms with E-state index in [1.165, 1.54) is 0 Å². The van der Waals surface area contributed by atoms with Crippen LogP contribution in [0.5, 0.6) is 0 Å². The van der Waals surface area contributed by atoms with E-state index >= 15 is 0 Å². The van der Waals surface area contributed by atoms with Crippen LogP contribution in [0.15, 0.2) is 41.6 Å². The minimum atomic E-state index is -0.771. The number of hydrogen-bond acceptors (Lipinski definition) is 3. The van der Waals surface area contributed by atoms with Crippen LogP contribution in [0.1, 0.15) is 11.1 Å². The van der Waals surface area contributed by atoms with E-state index < -0.39 is 11.6 Å². The summed E-state index contributed by atoms with van der Waals surface area (Å²) in [6.45, 7) is 0.245. The molecule has 4 N–H and O–H groups in total. The molecule has 0 aromatic heterocycles. The second-order valence-electron chi connectivity index (χ2n) is 4.28. The number of nitrogens with one attached hydrogen (secondary N) is 1. The van der Waals surface area contributed by atoms with Crippen molar-refractivity contribution in [3.8, 4) is 0 Å². The average Bonchev–Trinajstić information content (AvgIpc) is 2.45. The van der Waals surface area contributed by atoms with E-state index in [2.05, 4.69) is 10.5 Å². The molecular formula is C14H12ClF2N3O. The van der Waals surface area contributed by atoms with Gasteiger partial charge in [-0.2, -0.15) is 0 Å². The van der Waals surface area contributed by atoms with Crippen LogP contribution in [0, 0.1) is 11.6 Å². The third-order valence-electron chi connectivity index (χ3n) is 2.81. The van der Waals surface area contributed by atoms with E-state index in [9.17, 15) is 8.78 Å². The molecule has 0 saturated heterocycles. The Hall–Kier alpha value is -2.34. The summed E-state index contributed by atoms with van der Waals surface area (Å²) in [6, 6.07) is 8.62. The van der Waals surface area contributed by atoms with Crippen LogP contribution in [0.2, 0.25) is 5.02 Å². The standard InChI is InChI=1S/C14H12ClF2N3O/c15-11-5-10(16)6-12(17)13(11)19-7-8-2-1-3-9(4-8)14(18)20-21/h1-6,19,21H,7H2,(H2,18,20). The fourth-order valence-electron chi connectivity index (χ4n) is 1.80. The van der Waals surface area contributed by atoms with Crippen molar-refractivity contribution in [2.24, 2.45) is 10.9 Å². The molecule has 21 heavy (non-hydrogen) atoms. The van der Waals surface area contributed by atoms with Gasteiger partial charge in [-0.05, 0) is 17.7 Å². The number of halogens is 3. The molecule has 0 saturated carbocycles. The van der Waals surface area contributed by atoms with Gasteiger partial charge in [0.2, 0.25) is 0 Å². The van der Waals surface area contributed by atoms with E-state index in [1.807, 2.05) is 0 Å². The van der Waals surface area contributed by atoms with E-state index in [1.54, 1.807) is 24.3 Å². The molecule has 0 unspecified atom stereocenters. The predicted octanol–water partition coefficient (Wildman–Crippen LogP) is 3.32. The Kier molecular flexibility index (Phi) is 4.59. The highest BCUT2D eigenvalue weighted by Gasteiger charge is 2.10. The molecule has 0 aliphatic carbocycles. The maximum atomic E-state index is 13.6. The first-order chi connectivity index (χ1) is 10.0. The minimum Gasteiger partial charge on any atom is -0.409 e. The fourth-order valence-corrected chi connectivity index (χ4v) is 2.06. The van der Waals surface area contributed by atoms with E-state index in [0.717, 1.165) is 17.7 Å². The second-order valence-corrected chi connectivity index (χ2v) is 4.69. The Morgan fingerprint density at radius 2 is 2.05 bits per heavy atom. The second kappa shape index (κ2) is 6.41. The van der Waals surface area contributed by atoms with Crippen molar-refractivity contribution >= 4 is 23.1 Å². The van der Waals surface area contributed by atoms with Gasteiger partial charge in [-0.3, -0.25) is 0 Å². The summed E-state index contributed by atoms with van der Waals surface area (Å²) < 4.78 is 26.6. The number of benzene rings is 2. The molecule has 4 nitrogen and oxygen atoms in total. The zero-order valence-electron chi connectivity index (χ0n) is 10.8. The summed E-state index contributed by atoms with van der Waals surface area (Å²) >= 11 is 5.79. The third kappa shape index (κ3) is 3.61. The predicted molar refractivity (Wildman–Crippen MR) is 77.6 cm³/mol. The Morgan fingerprint density at radius 3 is 2.71 bits per heavy atom. The first kappa shape index (κ1) is 15.1. The van der Waals surface area contributed by atoms with Crippen molar-refractivity contribution in [1.82, 2.24) is 0 Å². The van der Waals surface area contributed by atoms with Crippen LogP contribution in [0.4, 0.5) is 14.5 Å². The average molecular weight is 312 g/mol. The van der Waals surface area contributed by atoms with Crippen molar-refractivity contribution in [3.63, 3.8) is 0 Å². The normalized spacial score (nSPS) is 11.5. The van der Waals surface area contributed by atoms with Crippen molar-refractivity contribution in [3.05, 3.63) is 64.2 Å². The number of amidine groups is 1. The lowest BCUT2D eigenvalue weighted by molar-refractivity contribution is 0.318. The summed E-state index contributed by atoms with van der Waals surface area (Å²) in [4.78, 5) is 0. The smallest absolute Gasteiger partial charge is 0.170 e. The Morgan fingerprint density at radius 1 is 1.29 bits per heavy atom. The van der Waals surface area contributed by atoms with Crippen LogP contribution in [0.3, 0.4) is 0 Å². The van der Waals surface area contributed by atoms with Gasteiger partial charge in [0.1, 0.15) is 5.82 Å². The first-order valence-corrected chi connectivity index (χ1v) is 6.34. The molecule has 2 rings (SSSR count). The van der Waals surface area contributed by atoms with Crippen LogP contribution < -0.4 is 11.1 Å². The van der Waals surface area contributed by atoms with E-state index in [0.29, 0.717) is 5.56 Å². The molecule has 0 aliphatic rings. The van der Waals surface area contributed by atoms with Crippen LogP contribution in [-0.2, 0) is 6.54 Å². The highest BCUT2D eigenvalue weighted by Crippen LogP contribution is 2.26. The number of hydrogen-bond donors (Lipinski definition) is 3. The zero-order valence-corrected chi connectivity index (χ0v) is 11.5. The Labute approximate surface area is 124 Å². The summed E-state index contributed by atoms with van der Waals surface area (Å²) in [6.07, 6.45) is 0. The molecule has 2 aromatic rings.